The molecule has 4 aliphatic heterocycles. The molecule has 0 saturated heterocycles. The lowest BCUT2D eigenvalue weighted by molar-refractivity contribution is -0.850. The summed E-state index contributed by atoms with van der Waals surface area (Å²) >= 11 is 0. The summed E-state index contributed by atoms with van der Waals surface area (Å²) in [4.78, 5) is 8.72. The quantitative estimate of drug-likeness (QED) is 0.0292. The van der Waals surface area contributed by atoms with Crippen LogP contribution in [0.3, 0.4) is 0 Å². The Kier molecular flexibility index (Phi) is 54.0. The molecule has 0 aromatic heterocycles. The Bertz CT molecular complexity index is 5380. The molecule has 0 radical (unpaired) electrons. The van der Waals surface area contributed by atoms with Crippen molar-refractivity contribution in [2.45, 2.75) is 547 Å². The Morgan fingerprint density at radius 1 is 0.255 bits per heavy atom. The first-order valence-corrected chi connectivity index (χ1v) is 63.9. The molecule has 4 atom stereocenters. The molecule has 4 nitrogen and oxygen atoms in total. The minimum absolute atomic E-state index is 0.0360. The number of fused-ring (bicyclic) bond motifs is 12. The van der Waals surface area contributed by atoms with Crippen LogP contribution in [0, 0.1) is 0 Å². The van der Waals surface area contributed by atoms with Crippen LogP contribution >= 0.6 is 0 Å². The zero-order valence-corrected chi connectivity index (χ0v) is 98.0. The molecule has 8 aromatic rings. The maximum atomic E-state index is 2.72. The molecule has 4 heterocycles. The number of rotatable bonds is 75. The van der Waals surface area contributed by atoms with E-state index >= 15 is 0 Å². The maximum Gasteiger partial charge on any atom is 0.136 e. The third-order valence-corrected chi connectivity index (χ3v) is 36.0. The number of benzene rings is 8. The first-order chi connectivity index (χ1) is 73.1. The molecular weight excluding hydrogens is 1800 g/mol. The maximum absolute atomic E-state index is 2.72. The van der Waals surface area contributed by atoms with Crippen molar-refractivity contribution in [3.63, 3.8) is 0 Å². The predicted molar refractivity (Wildman–Crippen MR) is 662 cm³/mol. The van der Waals surface area contributed by atoms with E-state index in [1.54, 1.807) is 26.6 Å². The number of anilines is 2. The van der Waals surface area contributed by atoms with Crippen LogP contribution in [0.25, 0.3) is 43.1 Å². The van der Waals surface area contributed by atoms with E-state index in [1.807, 2.05) is 0 Å². The molecular formula is C145H218N4+2. The molecule has 8 aromatic carbocycles. The number of allylic oxidation sites excluding steroid dienone is 14. The molecule has 1 aliphatic carbocycles. The highest BCUT2D eigenvalue weighted by molar-refractivity contribution is 5.97. The van der Waals surface area contributed by atoms with E-state index in [0.717, 1.165) is 25.9 Å². The Hall–Kier alpha value is -7.76. The Labute approximate surface area is 915 Å². The summed E-state index contributed by atoms with van der Waals surface area (Å²) < 4.78 is 0. The number of nitrogens with zero attached hydrogens (tertiary/aromatic N) is 2. The van der Waals surface area contributed by atoms with Gasteiger partial charge in [-0.15, -0.1) is 0 Å². The lowest BCUT2D eigenvalue weighted by atomic mass is 9.78. The predicted octanol–water partition coefficient (Wildman–Crippen LogP) is 43.0. The highest BCUT2D eigenvalue weighted by atomic mass is 15.2. The second-order valence-electron chi connectivity index (χ2n) is 49.4. The van der Waals surface area contributed by atoms with Gasteiger partial charge in [-0.2, -0.15) is 0 Å². The molecule has 0 amide bonds. The van der Waals surface area contributed by atoms with Gasteiger partial charge in [0, 0.05) is 69.9 Å². The molecule has 5 aliphatic rings. The van der Waals surface area contributed by atoms with Gasteiger partial charge in [0.15, 0.2) is 0 Å². The van der Waals surface area contributed by atoms with Crippen molar-refractivity contribution in [1.29, 1.82) is 0 Å². The summed E-state index contributed by atoms with van der Waals surface area (Å²) in [5.74, 6) is 0. The van der Waals surface area contributed by atoms with Crippen LogP contribution < -0.4 is 19.6 Å². The fraction of sp³-hybridized carbons (Fsp3) is 0.614. The first kappa shape index (κ1) is 120. The van der Waals surface area contributed by atoms with E-state index in [9.17, 15) is 0 Å². The van der Waals surface area contributed by atoms with Crippen molar-refractivity contribution >= 4 is 65.8 Å². The lowest BCUT2D eigenvalue weighted by Gasteiger charge is -2.28. The Morgan fingerprint density at radius 2 is 0.523 bits per heavy atom. The van der Waals surface area contributed by atoms with Gasteiger partial charge in [-0.25, -0.2) is 0 Å². The number of hydrogen-bond donors (Lipinski definition) is 2. The summed E-state index contributed by atoms with van der Waals surface area (Å²) in [7, 11) is 0. The average molecular weight is 2020 g/mol. The Balaban J connectivity index is 0.000000265. The number of hydrogen-bond acceptors (Lipinski definition) is 2. The molecule has 0 bridgehead atoms. The lowest BCUT2D eigenvalue weighted by Crippen LogP contribution is -3.10. The van der Waals surface area contributed by atoms with Gasteiger partial charge < -0.3 is 9.80 Å². The van der Waals surface area contributed by atoms with Gasteiger partial charge in [0.1, 0.15) is 23.5 Å². The molecule has 2 N–H and O–H groups in total. The zero-order chi connectivity index (χ0) is 105. The van der Waals surface area contributed by atoms with Crippen molar-refractivity contribution in [3.8, 4) is 0 Å². The van der Waals surface area contributed by atoms with Gasteiger partial charge in [-0.3, -0.25) is 9.80 Å². The monoisotopic (exact) mass is 2020 g/mol. The van der Waals surface area contributed by atoms with Gasteiger partial charge in [0.25, 0.3) is 0 Å². The summed E-state index contributed by atoms with van der Waals surface area (Å²) in [5, 5.41) is 11.1. The number of nitrogens with one attached hydrogen (secondary N) is 2. The van der Waals surface area contributed by atoms with E-state index in [1.165, 1.54) is 524 Å². The van der Waals surface area contributed by atoms with Crippen LogP contribution in [0.2, 0.25) is 0 Å². The second kappa shape index (κ2) is 67.1. The van der Waals surface area contributed by atoms with E-state index in [4.69, 9.17) is 0 Å². The molecule has 0 saturated carbocycles. The number of quaternary nitrogens is 2. The van der Waals surface area contributed by atoms with Crippen LogP contribution in [0.4, 0.5) is 22.7 Å². The van der Waals surface area contributed by atoms with Crippen LogP contribution in [0.5, 0.6) is 0 Å². The zero-order valence-electron chi connectivity index (χ0n) is 98.0. The summed E-state index contributed by atoms with van der Waals surface area (Å²) in [5.41, 5.74) is 17.8. The standard InChI is InChI=1S/C74H110N2.C71H106N2/c1-7-9-11-13-15-17-19-21-23-25-27-29-31-33-35-41-58-75-67-54-52-63-46-37-39-48-65(63)71(67)73(3,4)69(75)56-50-61-44-43-45-62(60-61)51-57-70-74(5,6)72-66-49-40-38-47-64(66)53-55-68(72)76(70)59-42-36-34-32-30-28-26-24-22-20-18-16-14-12-10-8-2;1-7-9-11-13-15-17-19-21-23-25-27-29-31-33-38-46-58-72-64-56-54-60-48-42-44-50-62(60)68(64)70(3,4)66(72)52-40-36-35-37-41-53-67-71(5,6)69-63-51-45-43-49-61(63)55-57-65(69)73(67)59-47-39-34-32-30-28-26-24-22-20-18-16-14-12-10-8-2/h37-40,46-57,60,69H,7-36,41-45,58-59H2,1-6H3;35-37,40-45,48-57,66H,7-34,38-39,46-47,58-59H2,1-6H3/p+2/b56-50+,62-51+,70-57+;36-35+,41-37+,52-40+,67-53+. The van der Waals surface area contributed by atoms with E-state index in [0.29, 0.717) is 12.1 Å². The van der Waals surface area contributed by atoms with Gasteiger partial charge in [-0.1, -0.05) is 586 Å². The van der Waals surface area contributed by atoms with Gasteiger partial charge in [0.05, 0.1) is 23.9 Å². The average Bonchev–Trinajstić information content (AvgIpc) is 1.55. The second-order valence-corrected chi connectivity index (χ2v) is 49.4. The third-order valence-electron chi connectivity index (χ3n) is 36.0. The number of unbranched alkanes of at least 4 members (excludes halogenated alkanes) is 60. The van der Waals surface area contributed by atoms with Crippen LogP contribution in [-0.4, -0.2) is 38.3 Å². The summed E-state index contributed by atoms with van der Waals surface area (Å²) in [6.07, 6.45) is 123. The molecule has 149 heavy (non-hydrogen) atoms. The highest BCUT2D eigenvalue weighted by Gasteiger charge is 2.51. The van der Waals surface area contributed by atoms with Gasteiger partial charge in [0.2, 0.25) is 0 Å². The van der Waals surface area contributed by atoms with Crippen LogP contribution in [0.1, 0.15) is 536 Å². The summed E-state index contributed by atoms with van der Waals surface area (Å²) in [6, 6.07) is 56.4. The largest absolute Gasteiger partial charge is 0.344 e. The van der Waals surface area contributed by atoms with Gasteiger partial charge in [-0.05, 0) is 199 Å². The van der Waals surface area contributed by atoms with Crippen molar-refractivity contribution in [1.82, 2.24) is 0 Å². The Morgan fingerprint density at radius 3 is 0.852 bits per heavy atom. The molecule has 4 heteroatoms. The van der Waals surface area contributed by atoms with E-state index in [2.05, 4.69) is 311 Å². The third kappa shape index (κ3) is 36.7. The van der Waals surface area contributed by atoms with Crippen LogP contribution in [0.15, 0.2) is 241 Å². The van der Waals surface area contributed by atoms with E-state index < -0.39 is 0 Å². The molecule has 13 rings (SSSR count). The normalized spacial score (nSPS) is 18.4. The minimum Gasteiger partial charge on any atom is -0.344 e. The fourth-order valence-corrected chi connectivity index (χ4v) is 27.3. The highest BCUT2D eigenvalue weighted by Crippen LogP contribution is 2.54. The first-order valence-electron chi connectivity index (χ1n) is 63.9. The van der Waals surface area contributed by atoms with Crippen LogP contribution in [-0.2, 0) is 21.7 Å². The smallest absolute Gasteiger partial charge is 0.136 e. The SMILES string of the molecule is CCCCCCCCCCCCCCCCCCN1/C(=C/C=C/C=C/C=C/C2[NH+](CCCCCCCCCCCCCCCCCC)c3ccc4ccccc4c3C2(C)C)C(C)(C)c2c1ccc1ccccc21.CCCCCCCCCCCCCCCCCCN1/C(=C/C=C2C=C(/C=C/C3[NH+](CCCCCCCCCCCCCCCCCC)c4ccc5ccccc5c4C3(C)C)CCC/2)C(C)(C)c2c1ccc1ccccc21. The fourth-order valence-electron chi connectivity index (χ4n) is 27.3. The van der Waals surface area contributed by atoms with Crippen molar-refractivity contribution in [2.75, 3.05) is 36.0 Å². The molecule has 816 valence electrons. The topological polar surface area (TPSA) is 15.4 Å². The van der Waals surface area contributed by atoms with Crippen molar-refractivity contribution in [2.24, 2.45) is 0 Å². The van der Waals surface area contributed by atoms with E-state index in [-0.39, 0.29) is 21.7 Å². The van der Waals surface area contributed by atoms with Crippen molar-refractivity contribution in [3.05, 3.63) is 263 Å². The van der Waals surface area contributed by atoms with Crippen molar-refractivity contribution < 1.29 is 9.80 Å². The molecule has 0 spiro atoms. The minimum atomic E-state index is -0.0783. The summed E-state index contributed by atoms with van der Waals surface area (Å²) in [6.45, 7) is 33.8. The molecule has 4 unspecified atom stereocenters. The molecule has 0 fully saturated rings. The van der Waals surface area contributed by atoms with Gasteiger partial charge >= 0.3 is 0 Å².